The van der Waals surface area contributed by atoms with Gasteiger partial charge in [-0.15, -0.1) is 0 Å². The molecule has 3 aromatic carbocycles. The van der Waals surface area contributed by atoms with E-state index in [9.17, 15) is 18.8 Å². The van der Waals surface area contributed by atoms with E-state index in [0.29, 0.717) is 33.1 Å². The molecule has 1 fully saturated rings. The first-order valence-corrected chi connectivity index (χ1v) is 12.7. The van der Waals surface area contributed by atoms with E-state index in [4.69, 9.17) is 27.9 Å². The first-order chi connectivity index (χ1) is 17.2. The van der Waals surface area contributed by atoms with Gasteiger partial charge in [0.25, 0.3) is 11.1 Å². The Morgan fingerprint density at radius 2 is 1.92 bits per heavy atom. The second-order valence-electron chi connectivity index (χ2n) is 7.53. The first-order valence-electron chi connectivity index (χ1n) is 10.4. The molecule has 11 heteroatoms. The van der Waals surface area contributed by atoms with Crippen LogP contribution in [0.5, 0.6) is 5.75 Å². The van der Waals surface area contributed by atoms with Gasteiger partial charge in [0.15, 0.2) is 0 Å². The lowest BCUT2D eigenvalue weighted by Crippen LogP contribution is -2.36. The van der Waals surface area contributed by atoms with E-state index < -0.39 is 29.4 Å². The van der Waals surface area contributed by atoms with Crippen LogP contribution in [0.1, 0.15) is 11.1 Å². The number of benzene rings is 3. The second kappa shape index (κ2) is 11.5. The lowest BCUT2D eigenvalue weighted by atomic mass is 10.1. The molecular formula is C25H16BrCl2FN2O4S. The SMILES string of the molecule is O=C(CN1C(=O)S/C(=C/c2cc(Br)ccc2OCc2ccc(Cl)cc2Cl)C1=O)Nc1cccc(F)c1. The van der Waals surface area contributed by atoms with Gasteiger partial charge in [0.2, 0.25) is 5.91 Å². The molecule has 0 unspecified atom stereocenters. The van der Waals surface area contributed by atoms with Crippen LogP contribution in [0.15, 0.2) is 70.0 Å². The molecule has 36 heavy (non-hydrogen) atoms. The van der Waals surface area contributed by atoms with Crippen molar-refractivity contribution < 1.29 is 23.5 Å². The quantitative estimate of drug-likeness (QED) is 0.288. The van der Waals surface area contributed by atoms with E-state index in [1.165, 1.54) is 24.3 Å². The van der Waals surface area contributed by atoms with Crippen molar-refractivity contribution in [2.75, 3.05) is 11.9 Å². The summed E-state index contributed by atoms with van der Waals surface area (Å²) in [7, 11) is 0. The molecule has 1 aliphatic heterocycles. The molecule has 3 aromatic rings. The summed E-state index contributed by atoms with van der Waals surface area (Å²) in [6, 6.07) is 15.6. The first kappa shape index (κ1) is 26.2. The molecule has 184 valence electrons. The van der Waals surface area contributed by atoms with E-state index in [-0.39, 0.29) is 17.2 Å². The molecule has 0 spiro atoms. The van der Waals surface area contributed by atoms with E-state index in [1.54, 1.807) is 36.4 Å². The largest absolute Gasteiger partial charge is 0.488 e. The number of ether oxygens (including phenoxy) is 1. The number of carbonyl (C=O) groups is 3. The summed E-state index contributed by atoms with van der Waals surface area (Å²) in [5, 5.41) is 2.85. The maximum absolute atomic E-state index is 13.3. The number of thioether (sulfide) groups is 1. The van der Waals surface area contributed by atoms with Crippen molar-refractivity contribution in [3.63, 3.8) is 0 Å². The number of rotatable bonds is 7. The normalized spacial score (nSPS) is 14.4. The second-order valence-corrected chi connectivity index (χ2v) is 10.3. The number of halogens is 4. The molecule has 1 N–H and O–H groups in total. The molecule has 1 saturated heterocycles. The Balaban J connectivity index is 1.49. The number of nitrogens with zero attached hydrogens (tertiary/aromatic N) is 1. The Morgan fingerprint density at radius 1 is 1.11 bits per heavy atom. The van der Waals surface area contributed by atoms with Crippen LogP contribution in [0.2, 0.25) is 10.0 Å². The summed E-state index contributed by atoms with van der Waals surface area (Å²) >= 11 is 16.3. The molecule has 0 saturated carbocycles. The maximum atomic E-state index is 13.3. The van der Waals surface area contributed by atoms with E-state index in [0.717, 1.165) is 21.0 Å². The molecule has 0 atom stereocenters. The lowest BCUT2D eigenvalue weighted by molar-refractivity contribution is -0.127. The van der Waals surface area contributed by atoms with Gasteiger partial charge in [0, 0.05) is 31.3 Å². The summed E-state index contributed by atoms with van der Waals surface area (Å²) in [6.45, 7) is -0.352. The van der Waals surface area contributed by atoms with Crippen molar-refractivity contribution in [1.82, 2.24) is 4.90 Å². The Morgan fingerprint density at radius 3 is 2.67 bits per heavy atom. The number of nitrogens with one attached hydrogen (secondary N) is 1. The highest BCUT2D eigenvalue weighted by Gasteiger charge is 2.36. The predicted molar refractivity (Wildman–Crippen MR) is 143 cm³/mol. The molecular weight excluding hydrogens is 594 g/mol. The van der Waals surface area contributed by atoms with E-state index >= 15 is 0 Å². The zero-order valence-corrected chi connectivity index (χ0v) is 22.2. The lowest BCUT2D eigenvalue weighted by Gasteiger charge is -2.13. The predicted octanol–water partition coefficient (Wildman–Crippen LogP) is 7.15. The van der Waals surface area contributed by atoms with Gasteiger partial charge >= 0.3 is 0 Å². The number of carbonyl (C=O) groups excluding carboxylic acids is 3. The minimum absolute atomic E-state index is 0.131. The Bertz CT molecular complexity index is 1400. The summed E-state index contributed by atoms with van der Waals surface area (Å²) < 4.78 is 20.0. The van der Waals surface area contributed by atoms with Crippen LogP contribution in [-0.4, -0.2) is 28.5 Å². The Kier molecular flexibility index (Phi) is 8.35. The van der Waals surface area contributed by atoms with Gasteiger partial charge in [0.1, 0.15) is 24.7 Å². The maximum Gasteiger partial charge on any atom is 0.294 e. The van der Waals surface area contributed by atoms with Crippen LogP contribution >= 0.6 is 50.9 Å². The Labute approximate surface area is 228 Å². The van der Waals surface area contributed by atoms with Gasteiger partial charge in [0.05, 0.1) is 4.91 Å². The van der Waals surface area contributed by atoms with Gasteiger partial charge in [-0.2, -0.15) is 0 Å². The van der Waals surface area contributed by atoms with Crippen LogP contribution < -0.4 is 10.1 Å². The molecule has 0 aromatic heterocycles. The third-order valence-corrected chi connectivity index (χ3v) is 6.93. The highest BCUT2D eigenvalue weighted by molar-refractivity contribution is 9.10. The van der Waals surface area contributed by atoms with Gasteiger partial charge < -0.3 is 10.1 Å². The van der Waals surface area contributed by atoms with Crippen molar-refractivity contribution in [1.29, 1.82) is 0 Å². The minimum Gasteiger partial charge on any atom is -0.488 e. The monoisotopic (exact) mass is 608 g/mol. The highest BCUT2D eigenvalue weighted by atomic mass is 79.9. The standard InChI is InChI=1S/C25H16BrCl2FN2O4S/c26-16-5-7-21(35-13-14-4-6-17(27)10-20(14)28)15(8-16)9-22-24(33)31(25(34)36-22)12-23(32)30-19-3-1-2-18(29)11-19/h1-11H,12-13H2,(H,30,32)/b22-9+. The van der Waals surface area contributed by atoms with Gasteiger partial charge in [-0.05, 0) is 66.4 Å². The number of hydrogen-bond acceptors (Lipinski definition) is 5. The van der Waals surface area contributed by atoms with Crippen molar-refractivity contribution in [2.45, 2.75) is 6.61 Å². The van der Waals surface area contributed by atoms with Crippen LogP contribution in [0.3, 0.4) is 0 Å². The highest BCUT2D eigenvalue weighted by Crippen LogP contribution is 2.35. The zero-order chi connectivity index (χ0) is 25.8. The van der Waals surface area contributed by atoms with Crippen molar-refractivity contribution in [2.24, 2.45) is 0 Å². The Hall–Kier alpha value is -2.85. The summed E-state index contributed by atoms with van der Waals surface area (Å²) in [5.41, 5.74) is 1.49. The van der Waals surface area contributed by atoms with Gasteiger partial charge in [-0.1, -0.05) is 51.3 Å². The van der Waals surface area contributed by atoms with Crippen molar-refractivity contribution in [3.05, 3.63) is 97.0 Å². The fourth-order valence-corrected chi connectivity index (χ4v) is 4.92. The molecule has 4 rings (SSSR count). The molecule has 0 bridgehead atoms. The third kappa shape index (κ3) is 6.47. The average Bonchev–Trinajstić information content (AvgIpc) is 3.07. The average molecular weight is 610 g/mol. The molecule has 0 aliphatic carbocycles. The van der Waals surface area contributed by atoms with Gasteiger partial charge in [-0.3, -0.25) is 19.3 Å². The third-order valence-electron chi connectivity index (χ3n) is 4.94. The van der Waals surface area contributed by atoms with E-state index in [1.807, 2.05) is 0 Å². The van der Waals surface area contributed by atoms with Crippen molar-refractivity contribution in [3.8, 4) is 5.75 Å². The molecule has 1 heterocycles. The molecule has 6 nitrogen and oxygen atoms in total. The van der Waals surface area contributed by atoms with Crippen LogP contribution in [0, 0.1) is 5.82 Å². The molecule has 3 amide bonds. The topological polar surface area (TPSA) is 75.7 Å². The fourth-order valence-electron chi connectivity index (χ4n) is 3.25. The molecule has 0 radical (unpaired) electrons. The smallest absolute Gasteiger partial charge is 0.294 e. The molecule has 1 aliphatic rings. The zero-order valence-electron chi connectivity index (χ0n) is 18.3. The van der Waals surface area contributed by atoms with Crippen LogP contribution in [0.4, 0.5) is 14.9 Å². The summed E-state index contributed by atoms with van der Waals surface area (Å²) in [5.74, 6) is -1.31. The number of imide groups is 1. The van der Waals surface area contributed by atoms with Crippen LogP contribution in [-0.2, 0) is 16.2 Å². The summed E-state index contributed by atoms with van der Waals surface area (Å²) in [6.07, 6.45) is 1.53. The fraction of sp³-hybridized carbons (Fsp3) is 0.0800. The number of amides is 3. The summed E-state index contributed by atoms with van der Waals surface area (Å²) in [4.78, 5) is 38.7. The minimum atomic E-state index is -0.629. The number of hydrogen-bond donors (Lipinski definition) is 1. The number of anilines is 1. The van der Waals surface area contributed by atoms with E-state index in [2.05, 4.69) is 21.2 Å². The van der Waals surface area contributed by atoms with Gasteiger partial charge in [-0.25, -0.2) is 4.39 Å². The van der Waals surface area contributed by atoms with Crippen molar-refractivity contribution >= 4 is 79.7 Å². The van der Waals surface area contributed by atoms with Crippen LogP contribution in [0.25, 0.3) is 6.08 Å².